The van der Waals surface area contributed by atoms with Crippen molar-refractivity contribution in [3.63, 3.8) is 0 Å². The Morgan fingerprint density at radius 3 is 2.41 bits per heavy atom. The van der Waals surface area contributed by atoms with E-state index in [9.17, 15) is 0 Å². The van der Waals surface area contributed by atoms with Gasteiger partial charge < -0.3 is 5.32 Å². The van der Waals surface area contributed by atoms with Crippen molar-refractivity contribution in [1.29, 1.82) is 0 Å². The molecule has 0 radical (unpaired) electrons. The first-order valence-electron chi connectivity index (χ1n) is 6.08. The molecule has 1 N–H and O–H groups in total. The molecule has 0 saturated heterocycles. The number of hydrogen-bond donors (Lipinski definition) is 1. The van der Waals surface area contributed by atoms with Crippen molar-refractivity contribution in [3.05, 3.63) is 41.8 Å². The Bertz CT molecular complexity index is 460. The normalized spacial score (nSPS) is 12.7. The Morgan fingerprint density at radius 2 is 1.76 bits per heavy atom. The molecule has 1 heterocycles. The van der Waals surface area contributed by atoms with Crippen molar-refractivity contribution in [2.24, 2.45) is 5.92 Å². The smallest absolute Gasteiger partial charge is 0.0430 e. The highest BCUT2D eigenvalue weighted by atomic mass is 32.1. The minimum atomic E-state index is 0.483. The lowest BCUT2D eigenvalue weighted by Gasteiger charge is -2.20. The van der Waals surface area contributed by atoms with Gasteiger partial charge in [0.05, 0.1) is 0 Å². The Balaban J connectivity index is 2.29. The van der Waals surface area contributed by atoms with Crippen molar-refractivity contribution in [2.75, 3.05) is 5.32 Å². The summed E-state index contributed by atoms with van der Waals surface area (Å²) in [4.78, 5) is 1.32. The van der Waals surface area contributed by atoms with Crippen molar-refractivity contribution >= 4 is 17.0 Å². The van der Waals surface area contributed by atoms with Crippen LogP contribution in [0.25, 0.3) is 10.4 Å². The Labute approximate surface area is 108 Å². The first-order valence-corrected chi connectivity index (χ1v) is 6.96. The molecule has 1 aromatic carbocycles. The summed E-state index contributed by atoms with van der Waals surface area (Å²) in [6.45, 7) is 6.71. The number of nitrogens with one attached hydrogen (secondary N) is 1. The Kier molecular flexibility index (Phi) is 3.85. The van der Waals surface area contributed by atoms with E-state index >= 15 is 0 Å². The molecule has 90 valence electrons. The van der Waals surface area contributed by atoms with E-state index < -0.39 is 0 Å². The molecule has 1 unspecified atom stereocenters. The molecular weight excluding hydrogens is 226 g/mol. The van der Waals surface area contributed by atoms with Gasteiger partial charge in [0.2, 0.25) is 0 Å². The fourth-order valence-electron chi connectivity index (χ4n) is 1.67. The molecule has 0 fully saturated rings. The fraction of sp³-hybridized carbons (Fsp3) is 0.333. The number of anilines is 1. The van der Waals surface area contributed by atoms with Gasteiger partial charge in [0.15, 0.2) is 0 Å². The van der Waals surface area contributed by atoms with E-state index in [4.69, 9.17) is 0 Å². The maximum atomic E-state index is 3.60. The lowest BCUT2D eigenvalue weighted by molar-refractivity contribution is 0.560. The predicted octanol–water partition coefficient (Wildman–Crippen LogP) is 4.87. The third-order valence-corrected chi connectivity index (χ3v) is 4.00. The highest BCUT2D eigenvalue weighted by Crippen LogP contribution is 2.32. The van der Waals surface area contributed by atoms with Gasteiger partial charge >= 0.3 is 0 Å². The Hall–Kier alpha value is -1.28. The van der Waals surface area contributed by atoms with E-state index in [0.717, 1.165) is 0 Å². The van der Waals surface area contributed by atoms with Crippen LogP contribution in [0.5, 0.6) is 0 Å². The molecule has 0 aliphatic carbocycles. The van der Waals surface area contributed by atoms with Gasteiger partial charge in [-0.3, -0.25) is 0 Å². The van der Waals surface area contributed by atoms with E-state index in [-0.39, 0.29) is 0 Å². The molecule has 1 aromatic heterocycles. The van der Waals surface area contributed by atoms with Crippen molar-refractivity contribution < 1.29 is 0 Å². The standard InChI is InChI=1S/C15H19NS/c1-11(2)12(3)16-14-8-5-4-7-13(14)15-9-6-10-17-15/h4-12,16H,1-3H3. The van der Waals surface area contributed by atoms with Gasteiger partial charge in [-0.2, -0.15) is 0 Å². The van der Waals surface area contributed by atoms with Crippen LogP contribution < -0.4 is 5.32 Å². The largest absolute Gasteiger partial charge is 0.382 e. The predicted molar refractivity (Wildman–Crippen MR) is 77.7 cm³/mol. The second-order valence-corrected chi connectivity index (χ2v) is 5.65. The Morgan fingerprint density at radius 1 is 1.00 bits per heavy atom. The average molecular weight is 245 g/mol. The van der Waals surface area contributed by atoms with Crippen LogP contribution in [0.15, 0.2) is 41.8 Å². The quantitative estimate of drug-likeness (QED) is 0.810. The first kappa shape index (κ1) is 12.2. The van der Waals surface area contributed by atoms with E-state index in [1.807, 2.05) is 0 Å². The molecule has 0 amide bonds. The van der Waals surface area contributed by atoms with Gasteiger partial charge in [0.1, 0.15) is 0 Å². The third-order valence-electron chi connectivity index (χ3n) is 3.10. The average Bonchev–Trinajstić information content (AvgIpc) is 2.83. The van der Waals surface area contributed by atoms with Crippen molar-refractivity contribution in [1.82, 2.24) is 0 Å². The molecule has 0 aliphatic rings. The van der Waals surface area contributed by atoms with Crippen LogP contribution in [0.3, 0.4) is 0 Å². The molecule has 2 rings (SSSR count). The summed E-state index contributed by atoms with van der Waals surface area (Å²) in [6.07, 6.45) is 0. The van der Waals surface area contributed by atoms with Crippen LogP contribution in [0.2, 0.25) is 0 Å². The molecular formula is C15H19NS. The maximum Gasteiger partial charge on any atom is 0.0430 e. The van der Waals surface area contributed by atoms with Crippen LogP contribution in [0, 0.1) is 5.92 Å². The zero-order valence-electron chi connectivity index (χ0n) is 10.6. The van der Waals surface area contributed by atoms with Gasteiger partial charge in [-0.25, -0.2) is 0 Å². The fourth-order valence-corrected chi connectivity index (χ4v) is 2.43. The van der Waals surface area contributed by atoms with Crippen molar-refractivity contribution in [2.45, 2.75) is 26.8 Å². The van der Waals surface area contributed by atoms with Gasteiger partial charge in [0.25, 0.3) is 0 Å². The maximum absolute atomic E-state index is 3.60. The van der Waals surface area contributed by atoms with Gasteiger partial charge in [-0.15, -0.1) is 11.3 Å². The minimum absolute atomic E-state index is 0.483. The summed E-state index contributed by atoms with van der Waals surface area (Å²) in [7, 11) is 0. The topological polar surface area (TPSA) is 12.0 Å². The molecule has 2 heteroatoms. The molecule has 1 nitrogen and oxygen atoms in total. The van der Waals surface area contributed by atoms with Crippen molar-refractivity contribution in [3.8, 4) is 10.4 Å². The zero-order chi connectivity index (χ0) is 12.3. The summed E-state index contributed by atoms with van der Waals surface area (Å²) in [6, 6.07) is 13.3. The molecule has 0 bridgehead atoms. The van der Waals surface area contributed by atoms with Crippen LogP contribution in [0.4, 0.5) is 5.69 Å². The molecule has 17 heavy (non-hydrogen) atoms. The van der Waals surface area contributed by atoms with Crippen LogP contribution in [-0.2, 0) is 0 Å². The van der Waals surface area contributed by atoms with Crippen LogP contribution in [-0.4, -0.2) is 6.04 Å². The second-order valence-electron chi connectivity index (χ2n) is 4.70. The number of benzene rings is 1. The molecule has 2 aromatic rings. The second kappa shape index (κ2) is 5.37. The van der Waals surface area contributed by atoms with E-state index in [1.54, 1.807) is 11.3 Å². The summed E-state index contributed by atoms with van der Waals surface area (Å²) in [5.74, 6) is 0.631. The zero-order valence-corrected chi connectivity index (χ0v) is 11.4. The van der Waals surface area contributed by atoms with E-state index in [1.165, 1.54) is 16.1 Å². The summed E-state index contributed by atoms with van der Waals surface area (Å²) in [5, 5.41) is 5.73. The first-order chi connectivity index (χ1) is 8.18. The monoisotopic (exact) mass is 245 g/mol. The van der Waals surface area contributed by atoms with Crippen LogP contribution in [0.1, 0.15) is 20.8 Å². The SMILES string of the molecule is CC(C)C(C)Nc1ccccc1-c1cccs1. The van der Waals surface area contributed by atoms with Gasteiger partial charge in [-0.05, 0) is 30.4 Å². The minimum Gasteiger partial charge on any atom is -0.382 e. The van der Waals surface area contributed by atoms with E-state index in [2.05, 4.69) is 67.9 Å². The van der Waals surface area contributed by atoms with Gasteiger partial charge in [-0.1, -0.05) is 38.1 Å². The summed E-state index contributed by atoms with van der Waals surface area (Å²) >= 11 is 1.79. The third kappa shape index (κ3) is 2.89. The lowest BCUT2D eigenvalue weighted by Crippen LogP contribution is -2.21. The molecule has 1 atom stereocenters. The number of thiophene rings is 1. The summed E-state index contributed by atoms with van der Waals surface area (Å²) < 4.78 is 0. The molecule has 0 aliphatic heterocycles. The number of hydrogen-bond acceptors (Lipinski definition) is 2. The number of para-hydroxylation sites is 1. The van der Waals surface area contributed by atoms with Crippen LogP contribution >= 0.6 is 11.3 Å². The van der Waals surface area contributed by atoms with Gasteiger partial charge in [0, 0.05) is 22.2 Å². The summed E-state index contributed by atoms with van der Waals surface area (Å²) in [5.41, 5.74) is 2.53. The highest BCUT2D eigenvalue weighted by Gasteiger charge is 2.10. The van der Waals surface area contributed by atoms with E-state index in [0.29, 0.717) is 12.0 Å². The highest BCUT2D eigenvalue weighted by molar-refractivity contribution is 7.13. The lowest BCUT2D eigenvalue weighted by atomic mass is 10.0. The number of rotatable bonds is 4. The molecule has 0 saturated carbocycles. The molecule has 0 spiro atoms.